The largest absolute Gasteiger partial charge is 0.480 e. The van der Waals surface area contributed by atoms with Crippen molar-refractivity contribution >= 4 is 22.4 Å². The van der Waals surface area contributed by atoms with Gasteiger partial charge in [-0.1, -0.05) is 11.3 Å². The Hall–Kier alpha value is -1.17. The van der Waals surface area contributed by atoms with Crippen LogP contribution < -0.4 is 4.90 Å². The van der Waals surface area contributed by atoms with E-state index in [2.05, 4.69) is 10.2 Å². The molecule has 0 saturated carbocycles. The van der Waals surface area contributed by atoms with Crippen molar-refractivity contribution in [3.8, 4) is 0 Å². The summed E-state index contributed by atoms with van der Waals surface area (Å²) >= 11 is 1.41. The first-order valence-corrected chi connectivity index (χ1v) is 5.42. The topological polar surface area (TPSA) is 66.3 Å². The number of nitrogens with zero attached hydrogens (tertiary/aromatic N) is 3. The molecule has 0 unspecified atom stereocenters. The molecule has 6 heteroatoms. The van der Waals surface area contributed by atoms with Crippen LogP contribution in [0.5, 0.6) is 0 Å². The van der Waals surface area contributed by atoms with Gasteiger partial charge in [-0.15, -0.1) is 10.2 Å². The van der Waals surface area contributed by atoms with Crippen molar-refractivity contribution in [3.05, 3.63) is 5.01 Å². The van der Waals surface area contributed by atoms with Crippen molar-refractivity contribution in [2.75, 3.05) is 11.4 Å². The number of hydrogen-bond donors (Lipinski definition) is 1. The second-order valence-corrected chi connectivity index (χ2v) is 5.41. The Bertz CT molecular complexity index is 356. The number of carboxylic acids is 1. The fourth-order valence-corrected chi connectivity index (χ4v) is 2.00. The van der Waals surface area contributed by atoms with Crippen molar-refractivity contribution in [3.63, 3.8) is 0 Å². The second kappa shape index (κ2) is 4.14. The highest BCUT2D eigenvalue weighted by atomic mass is 32.1. The van der Waals surface area contributed by atoms with Gasteiger partial charge in [0, 0.05) is 5.54 Å². The van der Waals surface area contributed by atoms with E-state index in [0.717, 1.165) is 5.01 Å². The average Bonchev–Trinajstić information content (AvgIpc) is 2.45. The molecule has 15 heavy (non-hydrogen) atoms. The summed E-state index contributed by atoms with van der Waals surface area (Å²) in [6.45, 7) is 7.65. The molecule has 0 aromatic carbocycles. The van der Waals surface area contributed by atoms with Gasteiger partial charge in [0.1, 0.15) is 11.6 Å². The minimum atomic E-state index is -0.863. The van der Waals surface area contributed by atoms with Gasteiger partial charge in [0.05, 0.1) is 0 Å². The van der Waals surface area contributed by atoms with Gasteiger partial charge in [-0.2, -0.15) is 0 Å². The van der Waals surface area contributed by atoms with Crippen LogP contribution in [0.3, 0.4) is 0 Å². The molecule has 0 radical (unpaired) electrons. The van der Waals surface area contributed by atoms with Crippen LogP contribution in [0.25, 0.3) is 0 Å². The highest BCUT2D eigenvalue weighted by molar-refractivity contribution is 7.15. The number of aliphatic carboxylic acids is 1. The summed E-state index contributed by atoms with van der Waals surface area (Å²) in [5, 5.41) is 18.2. The van der Waals surface area contributed by atoms with E-state index in [4.69, 9.17) is 5.11 Å². The van der Waals surface area contributed by atoms with Gasteiger partial charge < -0.3 is 10.0 Å². The van der Waals surface area contributed by atoms with E-state index in [1.807, 2.05) is 27.7 Å². The predicted molar refractivity (Wildman–Crippen MR) is 59.4 cm³/mol. The summed E-state index contributed by atoms with van der Waals surface area (Å²) < 4.78 is 0. The van der Waals surface area contributed by atoms with E-state index in [-0.39, 0.29) is 12.1 Å². The monoisotopic (exact) mass is 229 g/mol. The molecule has 1 heterocycles. The van der Waals surface area contributed by atoms with Gasteiger partial charge in [0.15, 0.2) is 0 Å². The Morgan fingerprint density at radius 1 is 1.47 bits per heavy atom. The van der Waals surface area contributed by atoms with Crippen molar-refractivity contribution in [2.24, 2.45) is 0 Å². The third kappa shape index (κ3) is 3.16. The lowest BCUT2D eigenvalue weighted by Crippen LogP contribution is -2.44. The van der Waals surface area contributed by atoms with Gasteiger partial charge in [0.25, 0.3) is 0 Å². The van der Waals surface area contributed by atoms with E-state index in [0.29, 0.717) is 5.13 Å². The molecule has 1 aromatic rings. The zero-order valence-corrected chi connectivity index (χ0v) is 10.1. The van der Waals surface area contributed by atoms with Crippen molar-refractivity contribution in [1.82, 2.24) is 10.2 Å². The summed E-state index contributed by atoms with van der Waals surface area (Å²) in [5.74, 6) is -0.863. The molecule has 1 rings (SSSR count). The number of aryl methyl sites for hydroxylation is 1. The van der Waals surface area contributed by atoms with Crippen LogP contribution in [0.2, 0.25) is 0 Å². The number of carboxylic acid groups (broad SMARTS) is 1. The lowest BCUT2D eigenvalue weighted by atomic mass is 10.1. The van der Waals surface area contributed by atoms with Gasteiger partial charge >= 0.3 is 5.97 Å². The van der Waals surface area contributed by atoms with Crippen LogP contribution in [0.4, 0.5) is 5.13 Å². The van der Waals surface area contributed by atoms with E-state index in [1.165, 1.54) is 11.3 Å². The Morgan fingerprint density at radius 3 is 2.40 bits per heavy atom. The number of anilines is 1. The molecule has 0 bridgehead atoms. The Morgan fingerprint density at radius 2 is 2.07 bits per heavy atom. The Kier molecular flexibility index (Phi) is 3.28. The van der Waals surface area contributed by atoms with E-state index in [1.54, 1.807) is 4.90 Å². The maximum Gasteiger partial charge on any atom is 0.323 e. The molecule has 0 fully saturated rings. The first-order valence-electron chi connectivity index (χ1n) is 4.60. The molecule has 5 nitrogen and oxygen atoms in total. The number of rotatable bonds is 3. The maximum atomic E-state index is 10.8. The molecule has 84 valence electrons. The molecule has 0 aliphatic carbocycles. The molecule has 0 spiro atoms. The minimum absolute atomic E-state index is 0.0574. The molecule has 0 amide bonds. The fraction of sp³-hybridized carbons (Fsp3) is 0.667. The molecule has 0 aliphatic rings. The summed E-state index contributed by atoms with van der Waals surface area (Å²) in [5.41, 5.74) is -0.273. The summed E-state index contributed by atoms with van der Waals surface area (Å²) in [6, 6.07) is 0. The van der Waals surface area contributed by atoms with Crippen LogP contribution in [0.1, 0.15) is 25.8 Å². The van der Waals surface area contributed by atoms with Crippen LogP contribution in [0.15, 0.2) is 0 Å². The lowest BCUT2D eigenvalue weighted by molar-refractivity contribution is -0.135. The first-order chi connectivity index (χ1) is 6.80. The zero-order valence-electron chi connectivity index (χ0n) is 9.31. The summed E-state index contributed by atoms with van der Waals surface area (Å²) in [7, 11) is 0. The van der Waals surface area contributed by atoms with Gasteiger partial charge in [-0.3, -0.25) is 4.79 Å². The molecule has 0 saturated heterocycles. The molecular weight excluding hydrogens is 214 g/mol. The van der Waals surface area contributed by atoms with Crippen molar-refractivity contribution < 1.29 is 9.90 Å². The van der Waals surface area contributed by atoms with Gasteiger partial charge in [0.2, 0.25) is 5.13 Å². The standard InChI is InChI=1S/C9H15N3O2S/c1-6-10-11-8(15-6)12(5-7(13)14)9(2,3)4/h5H2,1-4H3,(H,13,14). The third-order valence-corrected chi connectivity index (χ3v) is 2.71. The third-order valence-electron chi connectivity index (χ3n) is 1.85. The minimum Gasteiger partial charge on any atom is -0.480 e. The van der Waals surface area contributed by atoms with Crippen molar-refractivity contribution in [2.45, 2.75) is 33.2 Å². The molecule has 0 aliphatic heterocycles. The zero-order chi connectivity index (χ0) is 11.6. The smallest absolute Gasteiger partial charge is 0.323 e. The van der Waals surface area contributed by atoms with E-state index >= 15 is 0 Å². The van der Waals surface area contributed by atoms with Gasteiger partial charge in [-0.05, 0) is 27.7 Å². The average molecular weight is 229 g/mol. The SMILES string of the molecule is Cc1nnc(N(CC(=O)O)C(C)(C)C)s1. The lowest BCUT2D eigenvalue weighted by Gasteiger charge is -2.33. The highest BCUT2D eigenvalue weighted by Crippen LogP contribution is 2.26. The fourth-order valence-electron chi connectivity index (χ4n) is 1.12. The molecule has 1 aromatic heterocycles. The normalized spacial score (nSPS) is 11.5. The summed E-state index contributed by atoms with van der Waals surface area (Å²) in [4.78, 5) is 12.5. The van der Waals surface area contributed by atoms with Crippen LogP contribution in [0, 0.1) is 6.92 Å². The van der Waals surface area contributed by atoms with E-state index < -0.39 is 5.97 Å². The van der Waals surface area contributed by atoms with Crippen LogP contribution >= 0.6 is 11.3 Å². The Balaban J connectivity index is 2.96. The van der Waals surface area contributed by atoms with Crippen molar-refractivity contribution in [1.29, 1.82) is 0 Å². The maximum absolute atomic E-state index is 10.8. The van der Waals surface area contributed by atoms with E-state index in [9.17, 15) is 4.79 Å². The second-order valence-electron chi connectivity index (χ2n) is 4.25. The van der Waals surface area contributed by atoms with Crippen LogP contribution in [-0.2, 0) is 4.79 Å². The summed E-state index contributed by atoms with van der Waals surface area (Å²) in [6.07, 6.45) is 0. The first kappa shape index (κ1) is 11.9. The number of carbonyl (C=O) groups is 1. The number of hydrogen-bond acceptors (Lipinski definition) is 5. The number of aromatic nitrogens is 2. The highest BCUT2D eigenvalue weighted by Gasteiger charge is 2.26. The Labute approximate surface area is 92.7 Å². The van der Waals surface area contributed by atoms with Gasteiger partial charge in [-0.25, -0.2) is 0 Å². The predicted octanol–water partition coefficient (Wildman–Crippen LogP) is 1.54. The molecular formula is C9H15N3O2S. The molecule has 1 N–H and O–H groups in total. The quantitative estimate of drug-likeness (QED) is 0.851. The van der Waals surface area contributed by atoms with Crippen LogP contribution in [-0.4, -0.2) is 33.4 Å². The molecule has 0 atom stereocenters.